The van der Waals surface area contributed by atoms with Gasteiger partial charge in [0.15, 0.2) is 0 Å². The van der Waals surface area contributed by atoms with Gasteiger partial charge in [0.2, 0.25) is 11.8 Å². The highest BCUT2D eigenvalue weighted by Crippen LogP contribution is 2.36. The molecule has 0 atom stereocenters. The van der Waals surface area contributed by atoms with Gasteiger partial charge in [-0.3, -0.25) is 0 Å². The third kappa shape index (κ3) is 6.80. The fourth-order valence-electron chi connectivity index (χ4n) is 2.62. The molecule has 0 N–H and O–H groups in total. The minimum absolute atomic E-state index is 0.129. The number of halogens is 3. The summed E-state index contributed by atoms with van der Waals surface area (Å²) >= 11 is 0. The molecule has 1 heterocycles. The summed E-state index contributed by atoms with van der Waals surface area (Å²) in [6, 6.07) is 7.21. The Bertz CT molecular complexity index is 752. The lowest BCUT2D eigenvalue weighted by Crippen LogP contribution is -2.17. The molecule has 0 saturated heterocycles. The summed E-state index contributed by atoms with van der Waals surface area (Å²) in [5.74, 6) is 0.422. The fourth-order valence-corrected chi connectivity index (χ4v) is 2.62. The van der Waals surface area contributed by atoms with Crippen LogP contribution in [0.4, 0.5) is 24.8 Å². The zero-order valence-corrected chi connectivity index (χ0v) is 17.1. The van der Waals surface area contributed by atoms with E-state index in [0.29, 0.717) is 13.0 Å². The summed E-state index contributed by atoms with van der Waals surface area (Å²) in [6.45, 7) is 4.90. The van der Waals surface area contributed by atoms with E-state index in [1.165, 1.54) is 0 Å². The van der Waals surface area contributed by atoms with Crippen molar-refractivity contribution in [1.29, 1.82) is 0 Å². The van der Waals surface area contributed by atoms with Crippen LogP contribution < -0.4 is 14.4 Å². The Kier molecular flexibility index (Phi) is 8.54. The maximum atomic E-state index is 13.3. The van der Waals surface area contributed by atoms with Crippen molar-refractivity contribution in [2.45, 2.75) is 52.1 Å². The molecular formula is C21H28F3N3O2. The molecule has 0 saturated carbocycles. The fraction of sp³-hybridized carbons (Fsp3) is 0.524. The van der Waals surface area contributed by atoms with Crippen LogP contribution in [0.1, 0.15) is 51.5 Å². The number of anilines is 2. The molecule has 1 aromatic heterocycles. The Hall–Kier alpha value is -2.51. The Morgan fingerprint density at radius 1 is 0.931 bits per heavy atom. The standard InChI is InChI=1S/C21H28F3N3O2/c1-4-6-7-8-14-29-19-18(21(22,23)24)15-25-20(26-19)27(3)16-9-11-17(12-10-16)28-13-5-2/h9-12,15H,4-8,13-14H2,1-3H3. The summed E-state index contributed by atoms with van der Waals surface area (Å²) in [6.07, 6.45) is 0.751. The molecule has 8 heteroatoms. The molecule has 0 bridgehead atoms. The number of hydrogen-bond acceptors (Lipinski definition) is 5. The van der Waals surface area contributed by atoms with Gasteiger partial charge in [-0.2, -0.15) is 18.2 Å². The summed E-state index contributed by atoms with van der Waals surface area (Å²) in [5.41, 5.74) is -0.240. The van der Waals surface area contributed by atoms with E-state index in [2.05, 4.69) is 16.9 Å². The second-order valence-electron chi connectivity index (χ2n) is 6.70. The molecule has 2 aromatic rings. The maximum Gasteiger partial charge on any atom is 0.423 e. The van der Waals surface area contributed by atoms with Crippen LogP contribution in [0.5, 0.6) is 11.6 Å². The minimum Gasteiger partial charge on any atom is -0.494 e. The van der Waals surface area contributed by atoms with E-state index in [0.717, 1.165) is 43.3 Å². The van der Waals surface area contributed by atoms with Gasteiger partial charge in [0.1, 0.15) is 11.3 Å². The Balaban J connectivity index is 2.17. The van der Waals surface area contributed by atoms with E-state index < -0.39 is 17.6 Å². The normalized spacial score (nSPS) is 11.4. The molecule has 1 aromatic carbocycles. The van der Waals surface area contributed by atoms with Gasteiger partial charge in [-0.05, 0) is 37.1 Å². The SMILES string of the molecule is CCCCCCOc1nc(N(C)c2ccc(OCCC)cc2)ncc1C(F)(F)F. The Morgan fingerprint density at radius 2 is 1.66 bits per heavy atom. The number of unbranched alkanes of at least 4 members (excludes halogenated alkanes) is 3. The molecule has 0 unspecified atom stereocenters. The van der Waals surface area contributed by atoms with Crippen molar-refractivity contribution in [1.82, 2.24) is 9.97 Å². The van der Waals surface area contributed by atoms with Gasteiger partial charge in [0.05, 0.1) is 13.2 Å². The lowest BCUT2D eigenvalue weighted by molar-refractivity contribution is -0.139. The van der Waals surface area contributed by atoms with Gasteiger partial charge < -0.3 is 14.4 Å². The first-order valence-electron chi connectivity index (χ1n) is 9.90. The van der Waals surface area contributed by atoms with Crippen molar-refractivity contribution in [2.75, 3.05) is 25.2 Å². The zero-order valence-electron chi connectivity index (χ0n) is 17.1. The van der Waals surface area contributed by atoms with Crippen LogP contribution in [0.2, 0.25) is 0 Å². The summed E-state index contributed by atoms with van der Waals surface area (Å²) < 4.78 is 50.8. The van der Waals surface area contributed by atoms with Gasteiger partial charge in [-0.25, -0.2) is 4.98 Å². The summed E-state index contributed by atoms with van der Waals surface area (Å²) in [5, 5.41) is 0. The van der Waals surface area contributed by atoms with Crippen LogP contribution in [0, 0.1) is 0 Å². The predicted molar refractivity (Wildman–Crippen MR) is 107 cm³/mol. The average molecular weight is 411 g/mol. The summed E-state index contributed by atoms with van der Waals surface area (Å²) in [7, 11) is 1.69. The highest BCUT2D eigenvalue weighted by Gasteiger charge is 2.36. The second-order valence-corrected chi connectivity index (χ2v) is 6.70. The monoisotopic (exact) mass is 411 g/mol. The Morgan fingerprint density at radius 3 is 2.28 bits per heavy atom. The molecule has 29 heavy (non-hydrogen) atoms. The lowest BCUT2D eigenvalue weighted by Gasteiger charge is -2.20. The van der Waals surface area contributed by atoms with Gasteiger partial charge >= 0.3 is 6.18 Å². The van der Waals surface area contributed by atoms with Crippen LogP contribution in [-0.4, -0.2) is 30.2 Å². The predicted octanol–water partition coefficient (Wildman–Crippen LogP) is 6.01. The highest BCUT2D eigenvalue weighted by atomic mass is 19.4. The zero-order chi connectivity index (χ0) is 21.3. The van der Waals surface area contributed by atoms with E-state index in [9.17, 15) is 13.2 Å². The number of ether oxygens (including phenoxy) is 2. The first-order chi connectivity index (χ1) is 13.9. The number of hydrogen-bond donors (Lipinski definition) is 0. The van der Waals surface area contributed by atoms with Crippen molar-refractivity contribution < 1.29 is 22.6 Å². The highest BCUT2D eigenvalue weighted by molar-refractivity contribution is 5.58. The molecule has 0 aliphatic rings. The number of aromatic nitrogens is 2. The van der Waals surface area contributed by atoms with E-state index in [1.54, 1.807) is 36.2 Å². The molecular weight excluding hydrogens is 383 g/mol. The molecule has 5 nitrogen and oxygen atoms in total. The summed E-state index contributed by atoms with van der Waals surface area (Å²) in [4.78, 5) is 9.55. The van der Waals surface area contributed by atoms with E-state index in [1.807, 2.05) is 6.92 Å². The number of benzene rings is 1. The number of nitrogens with zero attached hydrogens (tertiary/aromatic N) is 3. The molecule has 0 spiro atoms. The van der Waals surface area contributed by atoms with Crippen LogP contribution in [0.15, 0.2) is 30.5 Å². The van der Waals surface area contributed by atoms with Crippen LogP contribution >= 0.6 is 0 Å². The van der Waals surface area contributed by atoms with Crippen LogP contribution in [-0.2, 0) is 6.18 Å². The van der Waals surface area contributed by atoms with Crippen molar-refractivity contribution in [3.05, 3.63) is 36.0 Å². The van der Waals surface area contributed by atoms with Gasteiger partial charge in [-0.15, -0.1) is 0 Å². The molecule has 0 aliphatic heterocycles. The average Bonchev–Trinajstić information content (AvgIpc) is 2.71. The van der Waals surface area contributed by atoms with Crippen molar-refractivity contribution in [3.8, 4) is 11.6 Å². The van der Waals surface area contributed by atoms with Gasteiger partial charge in [0.25, 0.3) is 0 Å². The van der Waals surface area contributed by atoms with Gasteiger partial charge in [-0.1, -0.05) is 33.1 Å². The number of rotatable bonds is 11. The van der Waals surface area contributed by atoms with Crippen molar-refractivity contribution in [2.24, 2.45) is 0 Å². The van der Waals surface area contributed by atoms with E-state index >= 15 is 0 Å². The molecule has 0 amide bonds. The Labute approximate surface area is 169 Å². The third-order valence-corrected chi connectivity index (χ3v) is 4.28. The lowest BCUT2D eigenvalue weighted by atomic mass is 10.2. The van der Waals surface area contributed by atoms with E-state index in [4.69, 9.17) is 9.47 Å². The smallest absolute Gasteiger partial charge is 0.423 e. The second kappa shape index (κ2) is 10.9. The van der Waals surface area contributed by atoms with Crippen LogP contribution in [0.25, 0.3) is 0 Å². The number of alkyl halides is 3. The molecule has 160 valence electrons. The molecule has 0 aliphatic carbocycles. The van der Waals surface area contributed by atoms with Gasteiger partial charge in [0, 0.05) is 18.9 Å². The first kappa shape index (κ1) is 22.8. The van der Waals surface area contributed by atoms with Crippen LogP contribution in [0.3, 0.4) is 0 Å². The van der Waals surface area contributed by atoms with E-state index in [-0.39, 0.29) is 12.6 Å². The molecule has 0 fully saturated rings. The quantitative estimate of drug-likeness (QED) is 0.424. The first-order valence-corrected chi connectivity index (χ1v) is 9.90. The minimum atomic E-state index is -4.58. The van der Waals surface area contributed by atoms with Crippen molar-refractivity contribution in [3.63, 3.8) is 0 Å². The maximum absolute atomic E-state index is 13.3. The topological polar surface area (TPSA) is 47.5 Å². The van der Waals surface area contributed by atoms with Crippen molar-refractivity contribution >= 4 is 11.6 Å². The third-order valence-electron chi connectivity index (χ3n) is 4.28. The largest absolute Gasteiger partial charge is 0.494 e. The molecule has 2 rings (SSSR count). The molecule has 0 radical (unpaired) electrons.